The Bertz CT molecular complexity index is 487. The average molecular weight is 274 g/mol. The van der Waals surface area contributed by atoms with Crippen LogP contribution in [0, 0.1) is 11.3 Å². The molecule has 0 radical (unpaired) electrons. The molecule has 108 valence electrons. The van der Waals surface area contributed by atoms with Crippen LogP contribution in [0.25, 0.3) is 0 Å². The lowest BCUT2D eigenvalue weighted by atomic mass is 10.2. The van der Waals surface area contributed by atoms with Crippen molar-refractivity contribution >= 4 is 5.95 Å². The molecular weight excluding hydrogens is 252 g/mol. The van der Waals surface area contributed by atoms with Gasteiger partial charge in [0.1, 0.15) is 0 Å². The number of nitriles is 1. The summed E-state index contributed by atoms with van der Waals surface area (Å²) in [5.74, 6) is 0.725. The molecule has 0 saturated carbocycles. The number of nitrogens with zero attached hydrogens (tertiary/aromatic N) is 6. The first-order valence-corrected chi connectivity index (χ1v) is 7.30. The Kier molecular flexibility index (Phi) is 4.85. The fourth-order valence-electron chi connectivity index (χ4n) is 2.45. The fourth-order valence-corrected chi connectivity index (χ4v) is 2.45. The number of aryl methyl sites for hydroxylation is 2. The molecule has 1 atom stereocenters. The minimum Gasteiger partial charge on any atom is -0.337 e. The second kappa shape index (κ2) is 6.62. The number of aromatic nitrogens is 3. The molecule has 1 aliphatic rings. The summed E-state index contributed by atoms with van der Waals surface area (Å²) >= 11 is 0. The highest BCUT2D eigenvalue weighted by atomic mass is 15.4. The van der Waals surface area contributed by atoms with Crippen LogP contribution >= 0.6 is 0 Å². The van der Waals surface area contributed by atoms with Gasteiger partial charge in [0.05, 0.1) is 23.5 Å². The van der Waals surface area contributed by atoms with E-state index < -0.39 is 0 Å². The van der Waals surface area contributed by atoms with Gasteiger partial charge in [0.25, 0.3) is 0 Å². The summed E-state index contributed by atoms with van der Waals surface area (Å²) in [6, 6.07) is 2.26. The highest BCUT2D eigenvalue weighted by molar-refractivity contribution is 5.31. The number of hydrogen-bond acceptors (Lipinski definition) is 6. The van der Waals surface area contributed by atoms with Crippen molar-refractivity contribution in [3.63, 3.8) is 0 Å². The monoisotopic (exact) mass is 274 g/mol. The molecule has 1 saturated heterocycles. The number of hydrogen-bond donors (Lipinski definition) is 0. The summed E-state index contributed by atoms with van der Waals surface area (Å²) in [7, 11) is 0. The SMILES string of the molecule is CCc1nnc(N2CCN(C(C)C#N)CC2)nc1CC. The number of piperazine rings is 1. The van der Waals surface area contributed by atoms with Gasteiger partial charge in [-0.1, -0.05) is 13.8 Å². The zero-order valence-corrected chi connectivity index (χ0v) is 12.5. The molecule has 6 nitrogen and oxygen atoms in total. The van der Waals surface area contributed by atoms with Gasteiger partial charge in [-0.15, -0.1) is 5.10 Å². The maximum atomic E-state index is 8.96. The largest absolute Gasteiger partial charge is 0.337 e. The summed E-state index contributed by atoms with van der Waals surface area (Å²) in [4.78, 5) is 8.99. The Hall–Kier alpha value is -1.74. The first-order valence-electron chi connectivity index (χ1n) is 7.30. The van der Waals surface area contributed by atoms with Gasteiger partial charge in [0.15, 0.2) is 0 Å². The lowest BCUT2D eigenvalue weighted by Crippen LogP contribution is -2.49. The molecule has 0 N–H and O–H groups in total. The third kappa shape index (κ3) is 3.05. The van der Waals surface area contributed by atoms with Gasteiger partial charge in [0, 0.05) is 26.2 Å². The van der Waals surface area contributed by atoms with Crippen LogP contribution in [0.15, 0.2) is 0 Å². The van der Waals surface area contributed by atoms with E-state index in [9.17, 15) is 0 Å². The molecule has 0 amide bonds. The lowest BCUT2D eigenvalue weighted by Gasteiger charge is -2.35. The molecule has 1 aromatic rings. The Labute approximate surface area is 120 Å². The molecule has 1 aliphatic heterocycles. The van der Waals surface area contributed by atoms with Crippen LogP contribution in [0.1, 0.15) is 32.2 Å². The van der Waals surface area contributed by atoms with E-state index in [0.717, 1.165) is 56.4 Å². The number of rotatable bonds is 4. The van der Waals surface area contributed by atoms with Crippen LogP contribution in [0.4, 0.5) is 5.95 Å². The normalized spacial score (nSPS) is 17.8. The predicted octanol–water partition coefficient (Wildman–Crippen LogP) is 1.03. The predicted molar refractivity (Wildman–Crippen MR) is 77.4 cm³/mol. The maximum absolute atomic E-state index is 8.96. The summed E-state index contributed by atoms with van der Waals surface area (Å²) in [6.45, 7) is 9.56. The molecule has 0 aromatic carbocycles. The first-order chi connectivity index (χ1) is 9.69. The van der Waals surface area contributed by atoms with Crippen molar-refractivity contribution in [3.05, 3.63) is 11.4 Å². The van der Waals surface area contributed by atoms with E-state index in [1.54, 1.807) is 0 Å². The van der Waals surface area contributed by atoms with E-state index in [1.807, 2.05) is 6.92 Å². The average Bonchev–Trinajstić information content (AvgIpc) is 2.53. The molecule has 20 heavy (non-hydrogen) atoms. The number of anilines is 1. The van der Waals surface area contributed by atoms with Crippen LogP contribution in [0.2, 0.25) is 0 Å². The van der Waals surface area contributed by atoms with Gasteiger partial charge in [-0.05, 0) is 19.8 Å². The van der Waals surface area contributed by atoms with Crippen molar-refractivity contribution in [2.75, 3.05) is 31.1 Å². The molecule has 0 aliphatic carbocycles. The lowest BCUT2D eigenvalue weighted by molar-refractivity contribution is 0.230. The summed E-state index contributed by atoms with van der Waals surface area (Å²) in [5.41, 5.74) is 2.04. The van der Waals surface area contributed by atoms with E-state index >= 15 is 0 Å². The smallest absolute Gasteiger partial charge is 0.245 e. The molecule has 2 rings (SSSR count). The third-order valence-corrected chi connectivity index (χ3v) is 3.83. The molecule has 2 heterocycles. The minimum atomic E-state index is -0.0233. The van der Waals surface area contributed by atoms with Crippen LogP contribution in [0.3, 0.4) is 0 Å². The fraction of sp³-hybridized carbons (Fsp3) is 0.714. The minimum absolute atomic E-state index is 0.0233. The molecule has 6 heteroatoms. The van der Waals surface area contributed by atoms with Gasteiger partial charge in [-0.2, -0.15) is 10.4 Å². The van der Waals surface area contributed by atoms with Crippen LogP contribution in [0.5, 0.6) is 0 Å². The van der Waals surface area contributed by atoms with Crippen molar-refractivity contribution in [3.8, 4) is 6.07 Å². The highest BCUT2D eigenvalue weighted by Crippen LogP contribution is 2.14. The molecule has 1 aromatic heterocycles. The molecular formula is C14H22N6. The van der Waals surface area contributed by atoms with Crippen molar-refractivity contribution in [1.29, 1.82) is 5.26 Å². The van der Waals surface area contributed by atoms with Crippen molar-refractivity contribution in [2.45, 2.75) is 39.7 Å². The second-order valence-electron chi connectivity index (χ2n) is 5.04. The standard InChI is InChI=1S/C14H22N6/c1-4-12-13(5-2)17-18-14(16-12)20-8-6-19(7-9-20)11(3)10-15/h11H,4-9H2,1-3H3. The van der Waals surface area contributed by atoms with Crippen LogP contribution < -0.4 is 4.90 Å². The molecule has 0 spiro atoms. The first kappa shape index (κ1) is 14.7. The van der Waals surface area contributed by atoms with Gasteiger partial charge in [-0.3, -0.25) is 4.90 Å². The Balaban J connectivity index is 2.05. The van der Waals surface area contributed by atoms with Crippen molar-refractivity contribution < 1.29 is 0 Å². The van der Waals surface area contributed by atoms with Gasteiger partial charge >= 0.3 is 0 Å². The molecule has 1 fully saturated rings. The van der Waals surface area contributed by atoms with E-state index in [2.05, 4.69) is 44.9 Å². The second-order valence-corrected chi connectivity index (χ2v) is 5.04. The van der Waals surface area contributed by atoms with Crippen LogP contribution in [-0.2, 0) is 12.8 Å². The van der Waals surface area contributed by atoms with Crippen molar-refractivity contribution in [1.82, 2.24) is 20.1 Å². The molecule has 1 unspecified atom stereocenters. The third-order valence-electron chi connectivity index (χ3n) is 3.83. The van der Waals surface area contributed by atoms with Gasteiger partial charge < -0.3 is 4.90 Å². The van der Waals surface area contributed by atoms with E-state index in [-0.39, 0.29) is 6.04 Å². The van der Waals surface area contributed by atoms with E-state index in [0.29, 0.717) is 0 Å². The highest BCUT2D eigenvalue weighted by Gasteiger charge is 2.23. The van der Waals surface area contributed by atoms with E-state index in [4.69, 9.17) is 5.26 Å². The summed E-state index contributed by atoms with van der Waals surface area (Å²) in [6.07, 6.45) is 1.76. The maximum Gasteiger partial charge on any atom is 0.245 e. The van der Waals surface area contributed by atoms with Gasteiger partial charge in [-0.25, -0.2) is 4.98 Å². The Morgan fingerprint density at radius 3 is 2.30 bits per heavy atom. The van der Waals surface area contributed by atoms with E-state index in [1.165, 1.54) is 0 Å². The zero-order chi connectivity index (χ0) is 14.5. The topological polar surface area (TPSA) is 68.9 Å². The molecule has 0 bridgehead atoms. The van der Waals surface area contributed by atoms with Crippen LogP contribution in [-0.4, -0.2) is 52.3 Å². The summed E-state index contributed by atoms with van der Waals surface area (Å²) < 4.78 is 0. The van der Waals surface area contributed by atoms with Gasteiger partial charge in [0.2, 0.25) is 5.95 Å². The van der Waals surface area contributed by atoms with Crippen molar-refractivity contribution in [2.24, 2.45) is 0 Å². The zero-order valence-electron chi connectivity index (χ0n) is 12.5. The summed E-state index contributed by atoms with van der Waals surface area (Å²) in [5, 5.41) is 17.5. The Morgan fingerprint density at radius 1 is 1.10 bits per heavy atom. The quantitative estimate of drug-likeness (QED) is 0.817. The Morgan fingerprint density at radius 2 is 1.75 bits per heavy atom.